The fourth-order valence-electron chi connectivity index (χ4n) is 1.66. The number of aromatic amines is 1. The number of thioether (sulfide) groups is 1. The average Bonchev–Trinajstić information content (AvgIpc) is 2.87. The maximum atomic E-state index is 11.5. The SMILES string of the molecule is CCCCOC(=O)CSc1nc2ccc(OC)cc2[nH]1.Cl. The Morgan fingerprint density at radius 3 is 2.95 bits per heavy atom. The van der Waals surface area contributed by atoms with Gasteiger partial charge >= 0.3 is 5.97 Å². The Balaban J connectivity index is 0.00000220. The summed E-state index contributed by atoms with van der Waals surface area (Å²) < 4.78 is 10.2. The van der Waals surface area contributed by atoms with Crippen LogP contribution in [0.5, 0.6) is 5.75 Å². The van der Waals surface area contributed by atoms with Crippen molar-refractivity contribution in [2.75, 3.05) is 19.5 Å². The minimum absolute atomic E-state index is 0. The first-order valence-electron chi connectivity index (χ1n) is 6.55. The molecule has 0 aliphatic carbocycles. The highest BCUT2D eigenvalue weighted by molar-refractivity contribution is 7.99. The molecule has 0 bridgehead atoms. The second kappa shape index (κ2) is 8.79. The van der Waals surface area contributed by atoms with Crippen LogP contribution in [0.25, 0.3) is 11.0 Å². The van der Waals surface area contributed by atoms with Crippen LogP contribution in [-0.2, 0) is 9.53 Å². The monoisotopic (exact) mass is 330 g/mol. The molecule has 0 saturated heterocycles. The van der Waals surface area contributed by atoms with E-state index in [-0.39, 0.29) is 24.1 Å². The van der Waals surface area contributed by atoms with Crippen molar-refractivity contribution in [3.05, 3.63) is 18.2 Å². The standard InChI is InChI=1S/C14H18N2O3S.ClH/c1-3-4-7-19-13(17)9-20-14-15-11-6-5-10(18-2)8-12(11)16-14;/h5-6,8H,3-4,7,9H2,1-2H3,(H,15,16);1H. The van der Waals surface area contributed by atoms with E-state index in [1.165, 1.54) is 11.8 Å². The Morgan fingerprint density at radius 1 is 1.43 bits per heavy atom. The molecule has 0 aliphatic heterocycles. The molecule has 1 heterocycles. The number of esters is 1. The van der Waals surface area contributed by atoms with Crippen molar-refractivity contribution in [3.63, 3.8) is 0 Å². The number of imidazole rings is 1. The van der Waals surface area contributed by atoms with E-state index < -0.39 is 0 Å². The number of rotatable bonds is 7. The maximum absolute atomic E-state index is 11.5. The molecule has 0 fully saturated rings. The summed E-state index contributed by atoms with van der Waals surface area (Å²) in [5, 5.41) is 0.709. The summed E-state index contributed by atoms with van der Waals surface area (Å²) in [6.07, 6.45) is 1.92. The third kappa shape index (κ3) is 5.13. The van der Waals surface area contributed by atoms with Gasteiger partial charge in [-0.05, 0) is 18.6 Å². The second-order valence-electron chi connectivity index (χ2n) is 4.29. The lowest BCUT2D eigenvalue weighted by molar-refractivity contribution is -0.140. The molecule has 0 atom stereocenters. The summed E-state index contributed by atoms with van der Waals surface area (Å²) in [7, 11) is 1.62. The van der Waals surface area contributed by atoms with E-state index in [1.807, 2.05) is 18.2 Å². The minimum atomic E-state index is -0.207. The van der Waals surface area contributed by atoms with Gasteiger partial charge in [0, 0.05) is 6.07 Å². The van der Waals surface area contributed by atoms with Crippen molar-refractivity contribution < 1.29 is 14.3 Å². The predicted molar refractivity (Wildman–Crippen MR) is 86.5 cm³/mol. The topological polar surface area (TPSA) is 64.2 Å². The van der Waals surface area contributed by atoms with Crippen LogP contribution in [0.2, 0.25) is 0 Å². The van der Waals surface area contributed by atoms with E-state index in [4.69, 9.17) is 9.47 Å². The minimum Gasteiger partial charge on any atom is -0.497 e. The number of H-pyrrole nitrogens is 1. The number of nitrogens with one attached hydrogen (secondary N) is 1. The van der Waals surface area contributed by atoms with Gasteiger partial charge in [0.2, 0.25) is 0 Å². The Hall–Kier alpha value is -1.40. The number of benzene rings is 1. The van der Waals surface area contributed by atoms with E-state index in [1.54, 1.807) is 7.11 Å². The lowest BCUT2D eigenvalue weighted by Gasteiger charge is -2.01. The first kappa shape index (κ1) is 17.7. The van der Waals surface area contributed by atoms with Crippen LogP contribution < -0.4 is 4.74 Å². The van der Waals surface area contributed by atoms with Gasteiger partial charge in [0.15, 0.2) is 5.16 Å². The Labute approximate surface area is 134 Å². The summed E-state index contributed by atoms with van der Waals surface area (Å²) in [5.41, 5.74) is 1.75. The first-order chi connectivity index (χ1) is 9.72. The molecule has 0 saturated carbocycles. The van der Waals surface area contributed by atoms with Gasteiger partial charge in [-0.1, -0.05) is 25.1 Å². The molecular formula is C14H19ClN2O3S. The largest absolute Gasteiger partial charge is 0.497 e. The zero-order valence-corrected chi connectivity index (χ0v) is 13.7. The summed E-state index contributed by atoms with van der Waals surface area (Å²) in [6, 6.07) is 5.62. The van der Waals surface area contributed by atoms with Gasteiger partial charge in [0.05, 0.1) is 30.5 Å². The van der Waals surface area contributed by atoms with Crippen molar-refractivity contribution in [1.82, 2.24) is 9.97 Å². The number of hydrogen-bond acceptors (Lipinski definition) is 5. The molecule has 1 N–H and O–H groups in total. The Bertz CT molecular complexity index is 589. The number of methoxy groups -OCH3 is 1. The van der Waals surface area contributed by atoms with Gasteiger partial charge in [-0.25, -0.2) is 4.98 Å². The zero-order chi connectivity index (χ0) is 14.4. The van der Waals surface area contributed by atoms with Crippen LogP contribution in [0, 0.1) is 0 Å². The molecule has 0 amide bonds. The zero-order valence-electron chi connectivity index (χ0n) is 12.0. The number of ether oxygens (including phenoxy) is 2. The lowest BCUT2D eigenvalue weighted by atomic mass is 10.3. The van der Waals surface area contributed by atoms with E-state index in [0.29, 0.717) is 11.8 Å². The van der Waals surface area contributed by atoms with Crippen LogP contribution >= 0.6 is 24.2 Å². The smallest absolute Gasteiger partial charge is 0.316 e. The number of nitrogens with zero attached hydrogens (tertiary/aromatic N) is 1. The van der Waals surface area contributed by atoms with Crippen LogP contribution in [0.4, 0.5) is 0 Å². The van der Waals surface area contributed by atoms with Crippen LogP contribution in [0.15, 0.2) is 23.4 Å². The fraction of sp³-hybridized carbons (Fsp3) is 0.429. The van der Waals surface area contributed by atoms with E-state index in [0.717, 1.165) is 29.6 Å². The van der Waals surface area contributed by atoms with Crippen molar-refractivity contribution in [3.8, 4) is 5.75 Å². The first-order valence-corrected chi connectivity index (χ1v) is 7.53. The van der Waals surface area contributed by atoms with E-state index >= 15 is 0 Å². The number of carbonyl (C=O) groups is 1. The van der Waals surface area contributed by atoms with Crippen LogP contribution in [0.3, 0.4) is 0 Å². The van der Waals surface area contributed by atoms with E-state index in [9.17, 15) is 4.79 Å². The molecule has 5 nitrogen and oxygen atoms in total. The van der Waals surface area contributed by atoms with Gasteiger partial charge in [0.25, 0.3) is 0 Å². The maximum Gasteiger partial charge on any atom is 0.316 e. The summed E-state index contributed by atoms with van der Waals surface area (Å²) in [4.78, 5) is 19.1. The molecule has 0 spiro atoms. The molecule has 0 aliphatic rings. The average molecular weight is 331 g/mol. The lowest BCUT2D eigenvalue weighted by Crippen LogP contribution is -2.08. The molecule has 0 radical (unpaired) electrons. The molecule has 1 aromatic carbocycles. The van der Waals surface area contributed by atoms with Gasteiger partial charge < -0.3 is 14.5 Å². The number of unbranched alkanes of at least 4 members (excludes halogenated alkanes) is 1. The third-order valence-corrected chi connectivity index (χ3v) is 3.60. The molecule has 7 heteroatoms. The van der Waals surface area contributed by atoms with Gasteiger partial charge in [-0.15, -0.1) is 12.4 Å². The second-order valence-corrected chi connectivity index (χ2v) is 5.25. The quantitative estimate of drug-likeness (QED) is 0.478. The van der Waals surface area contributed by atoms with E-state index in [2.05, 4.69) is 16.9 Å². The predicted octanol–water partition coefficient (Wildman–Crippen LogP) is 3.43. The van der Waals surface area contributed by atoms with Crippen LogP contribution in [0.1, 0.15) is 19.8 Å². The molecule has 2 rings (SSSR count). The molecule has 21 heavy (non-hydrogen) atoms. The summed E-state index contributed by atoms with van der Waals surface area (Å²) >= 11 is 1.34. The van der Waals surface area contributed by atoms with Crippen molar-refractivity contribution in [1.29, 1.82) is 0 Å². The van der Waals surface area contributed by atoms with Gasteiger partial charge in [0.1, 0.15) is 5.75 Å². The van der Waals surface area contributed by atoms with Crippen LogP contribution in [-0.4, -0.2) is 35.4 Å². The highest BCUT2D eigenvalue weighted by atomic mass is 35.5. The highest BCUT2D eigenvalue weighted by Gasteiger charge is 2.08. The fourth-order valence-corrected chi connectivity index (χ4v) is 2.34. The molecule has 0 unspecified atom stereocenters. The summed E-state index contributed by atoms with van der Waals surface area (Å²) in [6.45, 7) is 2.55. The summed E-state index contributed by atoms with van der Waals surface area (Å²) in [5.74, 6) is 0.832. The number of aromatic nitrogens is 2. The number of hydrogen-bond donors (Lipinski definition) is 1. The molecule has 1 aromatic heterocycles. The molecule has 116 valence electrons. The Morgan fingerprint density at radius 2 is 2.24 bits per heavy atom. The number of fused-ring (bicyclic) bond motifs is 1. The number of carbonyl (C=O) groups excluding carboxylic acids is 1. The van der Waals surface area contributed by atoms with Crippen molar-refractivity contribution >= 4 is 41.2 Å². The number of halogens is 1. The van der Waals surface area contributed by atoms with Crippen molar-refractivity contribution in [2.45, 2.75) is 24.9 Å². The third-order valence-electron chi connectivity index (χ3n) is 2.75. The normalized spacial score (nSPS) is 10.2. The van der Waals surface area contributed by atoms with Gasteiger partial charge in [-0.3, -0.25) is 4.79 Å². The van der Waals surface area contributed by atoms with Gasteiger partial charge in [-0.2, -0.15) is 0 Å². The molecular weight excluding hydrogens is 312 g/mol. The molecule has 2 aromatic rings. The van der Waals surface area contributed by atoms with Crippen molar-refractivity contribution in [2.24, 2.45) is 0 Å². The highest BCUT2D eigenvalue weighted by Crippen LogP contribution is 2.23. The Kier molecular flexibility index (Phi) is 7.39.